The highest BCUT2D eigenvalue weighted by molar-refractivity contribution is 5.89. The van der Waals surface area contributed by atoms with Gasteiger partial charge in [0, 0.05) is 6.42 Å². The molecule has 3 N–H and O–H groups in total. The molecule has 1 aliphatic rings. The first-order valence-electron chi connectivity index (χ1n) is 8.07. The van der Waals surface area contributed by atoms with Crippen molar-refractivity contribution in [1.29, 1.82) is 0 Å². The minimum Gasteiger partial charge on any atom is -0.497 e. The van der Waals surface area contributed by atoms with Crippen LogP contribution in [0.5, 0.6) is 5.75 Å². The highest BCUT2D eigenvalue weighted by Crippen LogP contribution is 2.17. The van der Waals surface area contributed by atoms with E-state index in [2.05, 4.69) is 0 Å². The molecular formula is C19H22NO4+. The van der Waals surface area contributed by atoms with Gasteiger partial charge in [-0.15, -0.1) is 0 Å². The summed E-state index contributed by atoms with van der Waals surface area (Å²) in [5.41, 5.74) is 1.62. The van der Waals surface area contributed by atoms with Gasteiger partial charge in [0.05, 0.1) is 12.7 Å². The average Bonchev–Trinajstić information content (AvgIpc) is 2.96. The van der Waals surface area contributed by atoms with Crippen molar-refractivity contribution in [2.45, 2.75) is 24.7 Å². The van der Waals surface area contributed by atoms with Crippen LogP contribution in [0.3, 0.4) is 0 Å². The van der Waals surface area contributed by atoms with Crippen molar-refractivity contribution in [2.24, 2.45) is 0 Å². The van der Waals surface area contributed by atoms with E-state index in [4.69, 9.17) is 9.47 Å². The van der Waals surface area contributed by atoms with Gasteiger partial charge in [0.1, 0.15) is 24.4 Å². The van der Waals surface area contributed by atoms with E-state index in [0.717, 1.165) is 11.3 Å². The van der Waals surface area contributed by atoms with E-state index in [0.29, 0.717) is 18.5 Å². The Hall–Kier alpha value is -2.37. The Morgan fingerprint density at radius 3 is 2.54 bits per heavy atom. The summed E-state index contributed by atoms with van der Waals surface area (Å²) >= 11 is 0. The fourth-order valence-electron chi connectivity index (χ4n) is 3.03. The molecule has 2 aromatic rings. The molecule has 1 saturated heterocycles. The third-order valence-corrected chi connectivity index (χ3v) is 4.36. The molecule has 1 aliphatic heterocycles. The summed E-state index contributed by atoms with van der Waals surface area (Å²) < 4.78 is 10.8. The molecule has 0 saturated carbocycles. The van der Waals surface area contributed by atoms with Crippen LogP contribution >= 0.6 is 0 Å². The Kier molecular flexibility index (Phi) is 5.13. The highest BCUT2D eigenvalue weighted by atomic mass is 16.6. The summed E-state index contributed by atoms with van der Waals surface area (Å²) in [7, 11) is 1.63. The zero-order chi connectivity index (χ0) is 16.9. The molecule has 0 aromatic heterocycles. The fourth-order valence-corrected chi connectivity index (χ4v) is 3.03. The molecule has 1 heterocycles. The molecule has 3 atom stereocenters. The number of carbonyl (C=O) groups is 1. The molecule has 126 valence electrons. The van der Waals surface area contributed by atoms with Crippen molar-refractivity contribution in [3.63, 3.8) is 0 Å². The molecular weight excluding hydrogens is 306 g/mol. The van der Waals surface area contributed by atoms with Crippen LogP contribution in [0.2, 0.25) is 0 Å². The van der Waals surface area contributed by atoms with Crippen LogP contribution in [0, 0.1) is 0 Å². The van der Waals surface area contributed by atoms with Crippen molar-refractivity contribution in [3.05, 3.63) is 65.7 Å². The largest absolute Gasteiger partial charge is 0.497 e. The molecule has 0 bridgehead atoms. The van der Waals surface area contributed by atoms with Crippen LogP contribution < -0.4 is 10.1 Å². The predicted octanol–water partition coefficient (Wildman–Crippen LogP) is 0.770. The van der Waals surface area contributed by atoms with E-state index < -0.39 is 18.2 Å². The van der Waals surface area contributed by atoms with Crippen molar-refractivity contribution >= 4 is 5.97 Å². The first-order chi connectivity index (χ1) is 11.7. The number of aliphatic hydroxyl groups excluding tert-OH is 1. The van der Waals surface area contributed by atoms with Gasteiger partial charge in [-0.2, -0.15) is 0 Å². The molecule has 0 aliphatic carbocycles. The maximum Gasteiger partial charge on any atom is 0.338 e. The molecule has 5 heteroatoms. The van der Waals surface area contributed by atoms with E-state index in [9.17, 15) is 9.90 Å². The second-order valence-corrected chi connectivity index (χ2v) is 5.99. The number of hydrogen-bond donors (Lipinski definition) is 2. The average molecular weight is 328 g/mol. The number of ether oxygens (including phenoxy) is 2. The van der Waals surface area contributed by atoms with Crippen molar-refractivity contribution in [1.82, 2.24) is 0 Å². The first-order valence-corrected chi connectivity index (χ1v) is 8.07. The van der Waals surface area contributed by atoms with Crippen molar-refractivity contribution in [3.8, 4) is 5.75 Å². The molecule has 5 nitrogen and oxygen atoms in total. The standard InChI is InChI=1S/C19H21NO4/c1-23-15-9-7-13(8-10-15)11-16-18(17(21)12-20-16)24-19(22)14-5-3-2-4-6-14/h2-10,16-18,20-21H,11-12H2,1H3/p+1/t16-,17+,18+/m1/s1. The van der Waals surface area contributed by atoms with Gasteiger partial charge in [0.25, 0.3) is 0 Å². The highest BCUT2D eigenvalue weighted by Gasteiger charge is 2.41. The number of esters is 1. The van der Waals surface area contributed by atoms with Gasteiger partial charge in [0.2, 0.25) is 0 Å². The van der Waals surface area contributed by atoms with Crippen LogP contribution in [0.25, 0.3) is 0 Å². The summed E-state index contributed by atoms with van der Waals surface area (Å²) in [6.45, 7) is 0.535. The molecule has 1 fully saturated rings. The summed E-state index contributed by atoms with van der Waals surface area (Å²) in [6.07, 6.45) is -0.450. The number of nitrogens with two attached hydrogens (primary N) is 1. The lowest BCUT2D eigenvalue weighted by molar-refractivity contribution is -0.674. The van der Waals surface area contributed by atoms with Crippen molar-refractivity contribution < 1.29 is 24.7 Å². The zero-order valence-electron chi connectivity index (χ0n) is 13.6. The predicted molar refractivity (Wildman–Crippen MR) is 88.9 cm³/mol. The van der Waals surface area contributed by atoms with Crippen molar-refractivity contribution in [2.75, 3.05) is 13.7 Å². The minimum absolute atomic E-state index is 0.000979. The van der Waals surface area contributed by atoms with Crippen LogP contribution in [0.4, 0.5) is 0 Å². The Bertz CT molecular complexity index is 672. The number of rotatable bonds is 5. The van der Waals surface area contributed by atoms with Crippen LogP contribution in [-0.4, -0.2) is 43.0 Å². The molecule has 0 unspecified atom stereocenters. The number of quaternary nitrogens is 1. The maximum absolute atomic E-state index is 12.3. The summed E-state index contributed by atoms with van der Waals surface area (Å²) in [5.74, 6) is 0.413. The number of benzene rings is 2. The van der Waals surface area contributed by atoms with Crippen LogP contribution in [-0.2, 0) is 11.2 Å². The SMILES string of the molecule is COc1ccc(C[C@H]2[NH2+]C[C@H](O)[C@H]2OC(=O)c2ccccc2)cc1. The van der Waals surface area contributed by atoms with E-state index in [1.54, 1.807) is 31.4 Å². The summed E-state index contributed by atoms with van der Waals surface area (Å²) in [4.78, 5) is 12.3. The molecule has 24 heavy (non-hydrogen) atoms. The molecule has 0 radical (unpaired) electrons. The van der Waals surface area contributed by atoms with E-state index in [-0.39, 0.29) is 6.04 Å². The van der Waals surface area contributed by atoms with E-state index in [1.165, 1.54) is 0 Å². The molecule has 2 aromatic carbocycles. The third kappa shape index (κ3) is 3.75. The monoisotopic (exact) mass is 328 g/mol. The summed E-state index contributed by atoms with van der Waals surface area (Å²) in [5, 5.41) is 12.2. The van der Waals surface area contributed by atoms with Crippen LogP contribution in [0.1, 0.15) is 15.9 Å². The molecule has 0 spiro atoms. The molecule has 3 rings (SSSR count). The van der Waals surface area contributed by atoms with Gasteiger partial charge < -0.3 is 19.9 Å². The third-order valence-electron chi connectivity index (χ3n) is 4.36. The maximum atomic E-state index is 12.3. The van der Waals surface area contributed by atoms with Gasteiger partial charge in [0.15, 0.2) is 6.10 Å². The van der Waals surface area contributed by atoms with E-state index >= 15 is 0 Å². The molecule has 0 amide bonds. The van der Waals surface area contributed by atoms with Gasteiger partial charge in [-0.3, -0.25) is 0 Å². The second-order valence-electron chi connectivity index (χ2n) is 5.99. The number of methoxy groups -OCH3 is 1. The number of carbonyl (C=O) groups excluding carboxylic acids is 1. The number of hydrogen-bond acceptors (Lipinski definition) is 4. The lowest BCUT2D eigenvalue weighted by atomic mass is 10.0. The fraction of sp³-hybridized carbons (Fsp3) is 0.316. The normalized spacial score (nSPS) is 23.0. The first kappa shape index (κ1) is 16.5. The Balaban J connectivity index is 1.67. The van der Waals surface area contributed by atoms with Gasteiger partial charge >= 0.3 is 5.97 Å². The summed E-state index contributed by atoms with van der Waals surface area (Å²) in [6, 6.07) is 16.7. The minimum atomic E-state index is -0.652. The lowest BCUT2D eigenvalue weighted by Gasteiger charge is -2.19. The topological polar surface area (TPSA) is 72.4 Å². The lowest BCUT2D eigenvalue weighted by Crippen LogP contribution is -2.88. The Morgan fingerprint density at radius 2 is 1.88 bits per heavy atom. The van der Waals surface area contributed by atoms with Gasteiger partial charge in [-0.1, -0.05) is 30.3 Å². The number of aliphatic hydroxyl groups is 1. The van der Waals surface area contributed by atoms with Gasteiger partial charge in [-0.25, -0.2) is 4.79 Å². The Labute approximate surface area is 141 Å². The Morgan fingerprint density at radius 1 is 1.17 bits per heavy atom. The smallest absolute Gasteiger partial charge is 0.338 e. The van der Waals surface area contributed by atoms with E-state index in [1.807, 2.05) is 35.6 Å². The quantitative estimate of drug-likeness (QED) is 0.795. The van der Waals surface area contributed by atoms with Gasteiger partial charge in [-0.05, 0) is 29.8 Å². The van der Waals surface area contributed by atoms with Crippen LogP contribution in [0.15, 0.2) is 54.6 Å². The zero-order valence-corrected chi connectivity index (χ0v) is 13.6. The second kappa shape index (κ2) is 7.47.